The Labute approximate surface area is 175 Å². The van der Waals surface area contributed by atoms with Crippen LogP contribution in [0.15, 0.2) is 46.9 Å². The fourth-order valence-electron chi connectivity index (χ4n) is 2.98. The van der Waals surface area contributed by atoms with Crippen LogP contribution in [0, 0.1) is 12.8 Å². The molecule has 1 saturated heterocycles. The van der Waals surface area contributed by atoms with Crippen molar-refractivity contribution in [1.82, 2.24) is 0 Å². The molecule has 1 unspecified atom stereocenters. The SMILES string of the molecule is Cc1cc(Br)ccc1NC(=O)COC(=O)C1CC(=O)N(c2ccccc2Cl)C1. The maximum absolute atomic E-state index is 12.3. The van der Waals surface area contributed by atoms with Gasteiger partial charge in [0.1, 0.15) is 0 Å². The van der Waals surface area contributed by atoms with Gasteiger partial charge in [-0.1, -0.05) is 39.7 Å². The number of ether oxygens (including phenoxy) is 1. The van der Waals surface area contributed by atoms with Crippen molar-refractivity contribution in [3.05, 3.63) is 57.5 Å². The first-order valence-electron chi connectivity index (χ1n) is 8.62. The lowest BCUT2D eigenvalue weighted by molar-refractivity contribution is -0.151. The van der Waals surface area contributed by atoms with Crippen LogP contribution in [0.3, 0.4) is 0 Å². The van der Waals surface area contributed by atoms with E-state index in [2.05, 4.69) is 21.2 Å². The number of hydrogen-bond donors (Lipinski definition) is 1. The second kappa shape index (κ2) is 8.75. The summed E-state index contributed by atoms with van der Waals surface area (Å²) in [7, 11) is 0. The number of esters is 1. The smallest absolute Gasteiger partial charge is 0.311 e. The van der Waals surface area contributed by atoms with Crippen molar-refractivity contribution in [3.8, 4) is 0 Å². The fraction of sp³-hybridized carbons (Fsp3) is 0.250. The van der Waals surface area contributed by atoms with E-state index in [1.165, 1.54) is 4.90 Å². The predicted molar refractivity (Wildman–Crippen MR) is 110 cm³/mol. The number of aryl methyl sites for hydroxylation is 1. The Hall–Kier alpha value is -2.38. The number of para-hydroxylation sites is 1. The summed E-state index contributed by atoms with van der Waals surface area (Å²) >= 11 is 9.49. The number of carbonyl (C=O) groups is 3. The molecule has 0 aliphatic carbocycles. The van der Waals surface area contributed by atoms with E-state index in [1.807, 2.05) is 19.1 Å². The summed E-state index contributed by atoms with van der Waals surface area (Å²) in [6.07, 6.45) is 0.0253. The molecule has 0 aromatic heterocycles. The molecule has 28 heavy (non-hydrogen) atoms. The van der Waals surface area contributed by atoms with Gasteiger partial charge in [-0.3, -0.25) is 14.4 Å². The van der Waals surface area contributed by atoms with Crippen LogP contribution in [-0.4, -0.2) is 30.9 Å². The van der Waals surface area contributed by atoms with E-state index in [1.54, 1.807) is 30.3 Å². The van der Waals surface area contributed by atoms with E-state index in [4.69, 9.17) is 16.3 Å². The van der Waals surface area contributed by atoms with Gasteiger partial charge in [-0.05, 0) is 42.8 Å². The Bertz CT molecular complexity index is 934. The number of carbonyl (C=O) groups excluding carboxylic acids is 3. The number of amides is 2. The highest BCUT2D eigenvalue weighted by molar-refractivity contribution is 9.10. The molecule has 1 N–H and O–H groups in total. The number of hydrogen-bond acceptors (Lipinski definition) is 4. The monoisotopic (exact) mass is 464 g/mol. The first kappa shape index (κ1) is 20.4. The van der Waals surface area contributed by atoms with Crippen LogP contribution < -0.4 is 10.2 Å². The third-order valence-electron chi connectivity index (χ3n) is 4.41. The van der Waals surface area contributed by atoms with Gasteiger partial charge in [0.2, 0.25) is 5.91 Å². The number of nitrogens with one attached hydrogen (secondary N) is 1. The highest BCUT2D eigenvalue weighted by Crippen LogP contribution is 2.31. The van der Waals surface area contributed by atoms with E-state index < -0.39 is 24.4 Å². The highest BCUT2D eigenvalue weighted by Gasteiger charge is 2.37. The molecule has 1 atom stereocenters. The van der Waals surface area contributed by atoms with Gasteiger partial charge in [-0.2, -0.15) is 0 Å². The highest BCUT2D eigenvalue weighted by atomic mass is 79.9. The number of nitrogens with zero attached hydrogens (tertiary/aromatic N) is 1. The lowest BCUT2D eigenvalue weighted by atomic mass is 10.1. The molecule has 146 valence electrons. The Kier molecular flexibility index (Phi) is 6.36. The molecule has 1 heterocycles. The zero-order chi connectivity index (χ0) is 20.3. The van der Waals surface area contributed by atoms with Crippen molar-refractivity contribution in [1.29, 1.82) is 0 Å². The van der Waals surface area contributed by atoms with Crippen molar-refractivity contribution in [3.63, 3.8) is 0 Å². The van der Waals surface area contributed by atoms with Gasteiger partial charge in [-0.15, -0.1) is 0 Å². The average Bonchev–Trinajstić information content (AvgIpc) is 3.04. The fourth-order valence-corrected chi connectivity index (χ4v) is 3.69. The second-order valence-electron chi connectivity index (χ2n) is 6.47. The Morgan fingerprint density at radius 2 is 2.04 bits per heavy atom. The molecule has 2 amide bonds. The van der Waals surface area contributed by atoms with Crippen molar-refractivity contribution in [2.24, 2.45) is 5.92 Å². The maximum Gasteiger partial charge on any atom is 0.311 e. The Balaban J connectivity index is 1.54. The molecular formula is C20H18BrClN2O4. The van der Waals surface area contributed by atoms with Gasteiger partial charge in [0.05, 0.1) is 16.6 Å². The molecule has 3 rings (SSSR count). The summed E-state index contributed by atoms with van der Waals surface area (Å²) in [4.78, 5) is 38.1. The second-order valence-corrected chi connectivity index (χ2v) is 7.79. The van der Waals surface area contributed by atoms with Crippen LogP contribution in [0.5, 0.6) is 0 Å². The molecule has 1 aliphatic rings. The summed E-state index contributed by atoms with van der Waals surface area (Å²) in [5, 5.41) is 3.14. The number of halogens is 2. The summed E-state index contributed by atoms with van der Waals surface area (Å²) in [5.74, 6) is -1.85. The Morgan fingerprint density at radius 1 is 1.29 bits per heavy atom. The summed E-state index contributed by atoms with van der Waals surface area (Å²) in [6, 6.07) is 12.4. The van der Waals surface area contributed by atoms with Crippen LogP contribution >= 0.6 is 27.5 Å². The molecule has 1 aliphatic heterocycles. The van der Waals surface area contributed by atoms with Gasteiger partial charge in [0.25, 0.3) is 5.91 Å². The largest absolute Gasteiger partial charge is 0.455 e. The Morgan fingerprint density at radius 3 is 2.75 bits per heavy atom. The summed E-state index contributed by atoms with van der Waals surface area (Å²) in [6.45, 7) is 1.62. The molecule has 0 saturated carbocycles. The molecule has 6 nitrogen and oxygen atoms in total. The zero-order valence-corrected chi connectivity index (χ0v) is 17.4. The minimum absolute atomic E-state index is 0.0253. The first-order valence-corrected chi connectivity index (χ1v) is 9.80. The van der Waals surface area contributed by atoms with Gasteiger partial charge in [0.15, 0.2) is 6.61 Å². The average molecular weight is 466 g/mol. The molecule has 0 spiro atoms. The van der Waals surface area contributed by atoms with E-state index in [9.17, 15) is 14.4 Å². The van der Waals surface area contributed by atoms with Crippen molar-refractivity contribution in [2.45, 2.75) is 13.3 Å². The maximum atomic E-state index is 12.3. The minimum Gasteiger partial charge on any atom is -0.455 e. The van der Waals surface area contributed by atoms with Gasteiger partial charge in [0, 0.05) is 23.1 Å². The standard InChI is InChI=1S/C20H18BrClN2O4/c1-12-8-14(21)6-7-16(12)23-18(25)11-28-20(27)13-9-19(26)24(10-13)17-5-3-2-4-15(17)22/h2-8,13H,9-11H2,1H3,(H,23,25). The first-order chi connectivity index (χ1) is 13.3. The lowest BCUT2D eigenvalue weighted by Gasteiger charge is -2.17. The van der Waals surface area contributed by atoms with Gasteiger partial charge < -0.3 is 15.0 Å². The van der Waals surface area contributed by atoms with Crippen LogP contribution in [0.2, 0.25) is 5.02 Å². The summed E-state index contributed by atoms with van der Waals surface area (Å²) < 4.78 is 6.02. The summed E-state index contributed by atoms with van der Waals surface area (Å²) in [5.41, 5.74) is 2.09. The van der Waals surface area contributed by atoms with Crippen molar-refractivity contribution >= 4 is 56.7 Å². The topological polar surface area (TPSA) is 75.7 Å². The van der Waals surface area contributed by atoms with Gasteiger partial charge in [-0.25, -0.2) is 0 Å². The molecule has 1 fully saturated rings. The van der Waals surface area contributed by atoms with Crippen LogP contribution in [-0.2, 0) is 19.1 Å². The minimum atomic E-state index is -0.633. The molecule has 2 aromatic carbocycles. The molecule has 2 aromatic rings. The van der Waals surface area contributed by atoms with Crippen LogP contribution in [0.1, 0.15) is 12.0 Å². The molecule has 8 heteroatoms. The molecule has 0 bridgehead atoms. The van der Waals surface area contributed by atoms with Crippen molar-refractivity contribution in [2.75, 3.05) is 23.4 Å². The number of anilines is 2. The van der Waals surface area contributed by atoms with Gasteiger partial charge >= 0.3 is 5.97 Å². The predicted octanol–water partition coefficient (Wildman–Crippen LogP) is 3.95. The zero-order valence-electron chi connectivity index (χ0n) is 15.1. The molecule has 0 radical (unpaired) electrons. The van der Waals surface area contributed by atoms with Crippen LogP contribution in [0.4, 0.5) is 11.4 Å². The number of benzene rings is 2. The molecular weight excluding hydrogens is 448 g/mol. The van der Waals surface area contributed by atoms with Crippen molar-refractivity contribution < 1.29 is 19.1 Å². The third kappa shape index (κ3) is 4.72. The lowest BCUT2D eigenvalue weighted by Crippen LogP contribution is -2.28. The van der Waals surface area contributed by atoms with E-state index in [0.717, 1.165) is 10.0 Å². The van der Waals surface area contributed by atoms with E-state index in [0.29, 0.717) is 16.4 Å². The third-order valence-corrected chi connectivity index (χ3v) is 5.22. The quantitative estimate of drug-likeness (QED) is 0.679. The normalized spacial score (nSPS) is 16.2. The van der Waals surface area contributed by atoms with E-state index >= 15 is 0 Å². The number of rotatable bonds is 5. The van der Waals surface area contributed by atoms with Crippen LogP contribution in [0.25, 0.3) is 0 Å². The van der Waals surface area contributed by atoms with E-state index in [-0.39, 0.29) is 18.9 Å².